The second kappa shape index (κ2) is 9.13. The van der Waals surface area contributed by atoms with Crippen molar-refractivity contribution in [1.29, 1.82) is 0 Å². The van der Waals surface area contributed by atoms with Gasteiger partial charge in [-0.3, -0.25) is 0 Å². The van der Waals surface area contributed by atoms with Crippen molar-refractivity contribution in [3.8, 4) is 11.5 Å². The SMILES string of the molecule is C=CCOc1c(Cl)cc(CNC[C@H]2CNC[C@@H]2CO)cc1OC. The predicted octanol–water partition coefficient (Wildman–Crippen LogP) is 1.83. The van der Waals surface area contributed by atoms with Crippen LogP contribution in [0.1, 0.15) is 5.56 Å². The van der Waals surface area contributed by atoms with Crippen LogP contribution in [0.4, 0.5) is 0 Å². The second-order valence-corrected chi connectivity index (χ2v) is 6.11. The maximum Gasteiger partial charge on any atom is 0.180 e. The van der Waals surface area contributed by atoms with Crippen LogP contribution in [0.3, 0.4) is 0 Å². The number of rotatable bonds is 9. The van der Waals surface area contributed by atoms with Crippen LogP contribution in [0.25, 0.3) is 0 Å². The smallest absolute Gasteiger partial charge is 0.180 e. The standard InChI is InChI=1S/C17H25ClN2O3/c1-3-4-23-17-15(18)5-12(6-16(17)22-2)7-19-8-13-9-20-10-14(13)11-21/h3,5-6,13-14,19-21H,1,4,7-11H2,2H3/t13-,14+/m0/s1. The van der Waals surface area contributed by atoms with E-state index in [0.717, 1.165) is 25.2 Å². The Morgan fingerprint density at radius 1 is 1.43 bits per heavy atom. The molecule has 5 nitrogen and oxygen atoms in total. The molecule has 0 aromatic heterocycles. The molecule has 1 aromatic rings. The Morgan fingerprint density at radius 3 is 2.91 bits per heavy atom. The maximum absolute atomic E-state index is 9.34. The maximum atomic E-state index is 9.34. The van der Waals surface area contributed by atoms with E-state index >= 15 is 0 Å². The number of hydrogen-bond donors (Lipinski definition) is 3. The van der Waals surface area contributed by atoms with Gasteiger partial charge in [-0.05, 0) is 42.6 Å². The molecule has 1 saturated heterocycles. The van der Waals surface area contributed by atoms with Crippen LogP contribution in [-0.2, 0) is 6.54 Å². The molecule has 128 valence electrons. The van der Waals surface area contributed by atoms with Crippen molar-refractivity contribution in [2.75, 3.05) is 40.0 Å². The van der Waals surface area contributed by atoms with Crippen LogP contribution in [0.5, 0.6) is 11.5 Å². The molecule has 0 radical (unpaired) electrons. The predicted molar refractivity (Wildman–Crippen MR) is 92.3 cm³/mol. The van der Waals surface area contributed by atoms with Gasteiger partial charge in [-0.1, -0.05) is 24.3 Å². The lowest BCUT2D eigenvalue weighted by Crippen LogP contribution is -2.29. The van der Waals surface area contributed by atoms with Crippen LogP contribution in [0, 0.1) is 11.8 Å². The summed E-state index contributed by atoms with van der Waals surface area (Å²) < 4.78 is 10.9. The van der Waals surface area contributed by atoms with Gasteiger partial charge in [0.25, 0.3) is 0 Å². The van der Waals surface area contributed by atoms with Crippen LogP contribution in [0.2, 0.25) is 5.02 Å². The average Bonchev–Trinajstić information content (AvgIpc) is 3.01. The summed E-state index contributed by atoms with van der Waals surface area (Å²) in [6.07, 6.45) is 1.67. The molecule has 1 aliphatic heterocycles. The van der Waals surface area contributed by atoms with Gasteiger partial charge < -0.3 is 25.2 Å². The number of benzene rings is 1. The normalized spacial score (nSPS) is 20.5. The van der Waals surface area contributed by atoms with E-state index < -0.39 is 0 Å². The van der Waals surface area contributed by atoms with Crippen molar-refractivity contribution in [3.05, 3.63) is 35.4 Å². The summed E-state index contributed by atoms with van der Waals surface area (Å²) in [6, 6.07) is 3.81. The first-order valence-electron chi connectivity index (χ1n) is 7.82. The highest BCUT2D eigenvalue weighted by Crippen LogP contribution is 2.36. The van der Waals surface area contributed by atoms with Crippen LogP contribution in [-0.4, -0.2) is 45.1 Å². The Bertz CT molecular complexity index is 525. The highest BCUT2D eigenvalue weighted by molar-refractivity contribution is 6.32. The number of methoxy groups -OCH3 is 1. The first-order valence-corrected chi connectivity index (χ1v) is 8.19. The van der Waals surface area contributed by atoms with Crippen LogP contribution >= 0.6 is 11.6 Å². The Labute approximate surface area is 142 Å². The molecule has 1 aliphatic rings. The number of hydrogen-bond acceptors (Lipinski definition) is 5. The minimum absolute atomic E-state index is 0.230. The van der Waals surface area contributed by atoms with E-state index in [-0.39, 0.29) is 6.61 Å². The van der Waals surface area contributed by atoms with E-state index in [1.807, 2.05) is 12.1 Å². The minimum Gasteiger partial charge on any atom is -0.493 e. The fourth-order valence-electron chi connectivity index (χ4n) is 2.80. The summed E-state index contributed by atoms with van der Waals surface area (Å²) in [6.45, 7) is 7.61. The number of halogens is 1. The number of aliphatic hydroxyl groups is 1. The lowest BCUT2D eigenvalue weighted by molar-refractivity contribution is 0.203. The van der Waals surface area contributed by atoms with Crippen LogP contribution < -0.4 is 20.1 Å². The van der Waals surface area contributed by atoms with Crippen molar-refractivity contribution in [2.45, 2.75) is 6.54 Å². The zero-order valence-corrected chi connectivity index (χ0v) is 14.2. The molecular formula is C17H25ClN2O3. The van der Waals surface area contributed by atoms with Gasteiger partial charge in [0.1, 0.15) is 6.61 Å². The summed E-state index contributed by atoms with van der Waals surface area (Å²) >= 11 is 6.29. The van der Waals surface area contributed by atoms with E-state index in [1.165, 1.54) is 0 Å². The third-order valence-corrected chi connectivity index (χ3v) is 4.37. The molecule has 0 spiro atoms. The number of aliphatic hydroxyl groups excluding tert-OH is 1. The van der Waals surface area contributed by atoms with Gasteiger partial charge in [-0.2, -0.15) is 0 Å². The van der Waals surface area contributed by atoms with Gasteiger partial charge in [-0.25, -0.2) is 0 Å². The molecule has 1 heterocycles. The zero-order valence-electron chi connectivity index (χ0n) is 13.5. The zero-order chi connectivity index (χ0) is 16.7. The third kappa shape index (κ3) is 4.85. The van der Waals surface area contributed by atoms with E-state index in [2.05, 4.69) is 17.2 Å². The highest BCUT2D eigenvalue weighted by Gasteiger charge is 2.25. The fourth-order valence-corrected chi connectivity index (χ4v) is 3.09. The Morgan fingerprint density at radius 2 is 2.22 bits per heavy atom. The third-order valence-electron chi connectivity index (χ3n) is 4.08. The topological polar surface area (TPSA) is 62.8 Å². The van der Waals surface area contributed by atoms with E-state index in [0.29, 0.717) is 41.5 Å². The molecule has 0 aliphatic carbocycles. The molecule has 2 rings (SSSR count). The lowest BCUT2D eigenvalue weighted by Gasteiger charge is -2.17. The van der Waals surface area contributed by atoms with Gasteiger partial charge in [0.15, 0.2) is 11.5 Å². The van der Waals surface area contributed by atoms with E-state index in [4.69, 9.17) is 21.1 Å². The summed E-state index contributed by atoms with van der Waals surface area (Å²) in [5.41, 5.74) is 1.03. The molecule has 2 atom stereocenters. The Kier molecular flexibility index (Phi) is 7.17. The summed E-state index contributed by atoms with van der Waals surface area (Å²) in [5, 5.41) is 16.6. The number of ether oxygens (including phenoxy) is 2. The molecule has 23 heavy (non-hydrogen) atoms. The van der Waals surface area contributed by atoms with Gasteiger partial charge in [0.2, 0.25) is 0 Å². The molecule has 0 saturated carbocycles. The van der Waals surface area contributed by atoms with Gasteiger partial charge in [0, 0.05) is 19.7 Å². The molecule has 3 N–H and O–H groups in total. The van der Waals surface area contributed by atoms with Gasteiger partial charge >= 0.3 is 0 Å². The monoisotopic (exact) mass is 340 g/mol. The quantitative estimate of drug-likeness (QED) is 0.599. The van der Waals surface area contributed by atoms with Crippen LogP contribution in [0.15, 0.2) is 24.8 Å². The van der Waals surface area contributed by atoms with Crippen molar-refractivity contribution in [2.24, 2.45) is 11.8 Å². The lowest BCUT2D eigenvalue weighted by atomic mass is 9.97. The molecule has 1 aromatic carbocycles. The minimum atomic E-state index is 0.230. The van der Waals surface area contributed by atoms with Crippen molar-refractivity contribution in [1.82, 2.24) is 10.6 Å². The van der Waals surface area contributed by atoms with Gasteiger partial charge in [-0.15, -0.1) is 0 Å². The van der Waals surface area contributed by atoms with Crippen molar-refractivity contribution >= 4 is 11.6 Å². The first-order chi connectivity index (χ1) is 11.2. The summed E-state index contributed by atoms with van der Waals surface area (Å²) in [5.74, 6) is 1.94. The Hall–Kier alpha value is -1.27. The fraction of sp³-hybridized carbons (Fsp3) is 0.529. The highest BCUT2D eigenvalue weighted by atomic mass is 35.5. The summed E-state index contributed by atoms with van der Waals surface area (Å²) in [7, 11) is 1.60. The molecular weight excluding hydrogens is 316 g/mol. The molecule has 1 fully saturated rings. The van der Waals surface area contributed by atoms with E-state index in [1.54, 1.807) is 13.2 Å². The molecule has 0 bridgehead atoms. The van der Waals surface area contributed by atoms with Gasteiger partial charge in [0.05, 0.1) is 12.1 Å². The molecule has 6 heteroatoms. The first kappa shape index (κ1) is 18.1. The van der Waals surface area contributed by atoms with Crippen molar-refractivity contribution in [3.63, 3.8) is 0 Å². The average molecular weight is 341 g/mol. The largest absolute Gasteiger partial charge is 0.493 e. The molecule has 0 unspecified atom stereocenters. The second-order valence-electron chi connectivity index (χ2n) is 5.70. The number of nitrogens with one attached hydrogen (secondary N) is 2. The van der Waals surface area contributed by atoms with E-state index in [9.17, 15) is 5.11 Å². The molecule has 0 amide bonds. The van der Waals surface area contributed by atoms with Crippen molar-refractivity contribution < 1.29 is 14.6 Å². The Balaban J connectivity index is 1.94. The summed E-state index contributed by atoms with van der Waals surface area (Å²) in [4.78, 5) is 0.